The molecule has 5 nitrogen and oxygen atoms in total. The molecule has 1 aromatic rings. The van der Waals surface area contributed by atoms with Gasteiger partial charge in [0.1, 0.15) is 0 Å². The van der Waals surface area contributed by atoms with Crippen molar-refractivity contribution < 1.29 is 19.1 Å². The summed E-state index contributed by atoms with van der Waals surface area (Å²) in [7, 11) is 0. The zero-order chi connectivity index (χ0) is 14.3. The minimum Gasteiger partial charge on any atom is -0.466 e. The highest BCUT2D eigenvalue weighted by Gasteiger charge is 2.04. The Kier molecular flexibility index (Phi) is 11.5. The molecule has 0 aliphatic heterocycles. The highest BCUT2D eigenvalue weighted by molar-refractivity contribution is 5.70. The zero-order valence-corrected chi connectivity index (χ0v) is 11.7. The number of ether oxygens (including phenoxy) is 2. The van der Waals surface area contributed by atoms with Gasteiger partial charge in [0.2, 0.25) is 0 Å². The Bertz CT molecular complexity index is 285. The van der Waals surface area contributed by atoms with E-state index in [1.807, 2.05) is 24.5 Å². The van der Waals surface area contributed by atoms with Gasteiger partial charge < -0.3 is 14.5 Å². The number of esters is 2. The molecular weight excluding hydrogens is 246 g/mol. The molecular formula is C14H23NO4. The molecule has 1 aromatic heterocycles. The van der Waals surface area contributed by atoms with Crippen molar-refractivity contribution in [1.29, 1.82) is 0 Å². The molecule has 0 aliphatic rings. The Balaban J connectivity index is 0.000000532. The van der Waals surface area contributed by atoms with Crippen LogP contribution < -0.4 is 0 Å². The standard InChI is InChI=1S/C10H18O4.C4H5N/c1-3-13-9(11)7-5-6-8-10(12)14-4-2;1-2-4-5-3-1/h3-8H2,1-2H3;1-5H. The number of carbonyl (C=O) groups is 2. The maximum absolute atomic E-state index is 10.9. The summed E-state index contributed by atoms with van der Waals surface area (Å²) in [6.07, 6.45) is 5.87. The molecule has 1 heterocycles. The van der Waals surface area contributed by atoms with Crippen molar-refractivity contribution in [1.82, 2.24) is 4.98 Å². The van der Waals surface area contributed by atoms with Crippen LogP contribution in [0.15, 0.2) is 24.5 Å². The summed E-state index contributed by atoms with van der Waals surface area (Å²) in [5.41, 5.74) is 0. The van der Waals surface area contributed by atoms with Crippen LogP contribution in [-0.2, 0) is 19.1 Å². The van der Waals surface area contributed by atoms with Crippen molar-refractivity contribution >= 4 is 11.9 Å². The van der Waals surface area contributed by atoms with Crippen LogP contribution in [0.1, 0.15) is 39.5 Å². The van der Waals surface area contributed by atoms with Crippen molar-refractivity contribution in [2.45, 2.75) is 39.5 Å². The molecule has 108 valence electrons. The van der Waals surface area contributed by atoms with E-state index in [4.69, 9.17) is 9.47 Å². The van der Waals surface area contributed by atoms with E-state index >= 15 is 0 Å². The number of carbonyl (C=O) groups excluding carboxylic acids is 2. The normalized spacial score (nSPS) is 9.16. The van der Waals surface area contributed by atoms with E-state index in [0.29, 0.717) is 38.9 Å². The Morgan fingerprint density at radius 3 is 1.58 bits per heavy atom. The first kappa shape index (κ1) is 17.2. The highest BCUT2D eigenvalue weighted by Crippen LogP contribution is 2.02. The molecule has 0 fully saturated rings. The van der Waals surface area contributed by atoms with E-state index in [1.165, 1.54) is 0 Å². The average Bonchev–Trinajstić information content (AvgIpc) is 2.94. The number of H-pyrrole nitrogens is 1. The first-order valence-corrected chi connectivity index (χ1v) is 6.59. The maximum atomic E-state index is 10.9. The lowest BCUT2D eigenvalue weighted by Crippen LogP contribution is -2.06. The van der Waals surface area contributed by atoms with E-state index in [1.54, 1.807) is 13.8 Å². The van der Waals surface area contributed by atoms with E-state index in [0.717, 1.165) is 0 Å². The Labute approximate surface area is 114 Å². The molecule has 0 bridgehead atoms. The van der Waals surface area contributed by atoms with Gasteiger partial charge in [0.25, 0.3) is 0 Å². The van der Waals surface area contributed by atoms with Crippen molar-refractivity contribution in [3.8, 4) is 0 Å². The topological polar surface area (TPSA) is 68.4 Å². The fraction of sp³-hybridized carbons (Fsp3) is 0.571. The van der Waals surface area contributed by atoms with Crippen molar-refractivity contribution in [2.75, 3.05) is 13.2 Å². The largest absolute Gasteiger partial charge is 0.466 e. The van der Waals surface area contributed by atoms with E-state index in [-0.39, 0.29) is 11.9 Å². The molecule has 19 heavy (non-hydrogen) atoms. The van der Waals surface area contributed by atoms with Gasteiger partial charge in [-0.05, 0) is 38.8 Å². The highest BCUT2D eigenvalue weighted by atomic mass is 16.5. The quantitative estimate of drug-likeness (QED) is 0.610. The summed E-state index contributed by atoms with van der Waals surface area (Å²) < 4.78 is 9.48. The van der Waals surface area contributed by atoms with Crippen LogP contribution in [0.25, 0.3) is 0 Å². The lowest BCUT2D eigenvalue weighted by atomic mass is 10.2. The van der Waals surface area contributed by atoms with Gasteiger partial charge >= 0.3 is 11.9 Å². The fourth-order valence-corrected chi connectivity index (χ4v) is 1.28. The minimum atomic E-state index is -0.198. The predicted molar refractivity (Wildman–Crippen MR) is 72.5 cm³/mol. The van der Waals surface area contributed by atoms with E-state index in [9.17, 15) is 9.59 Å². The van der Waals surface area contributed by atoms with Crippen molar-refractivity contribution in [3.63, 3.8) is 0 Å². The van der Waals surface area contributed by atoms with Gasteiger partial charge in [-0.1, -0.05) is 0 Å². The smallest absolute Gasteiger partial charge is 0.305 e. The second-order valence-corrected chi connectivity index (χ2v) is 3.70. The molecule has 0 saturated carbocycles. The summed E-state index contributed by atoms with van der Waals surface area (Å²) >= 11 is 0. The first-order chi connectivity index (χ1) is 9.20. The number of aromatic nitrogens is 1. The lowest BCUT2D eigenvalue weighted by Gasteiger charge is -2.02. The third-order valence-electron chi connectivity index (χ3n) is 2.12. The van der Waals surface area contributed by atoms with Crippen LogP contribution >= 0.6 is 0 Å². The second-order valence-electron chi connectivity index (χ2n) is 3.70. The third kappa shape index (κ3) is 12.5. The van der Waals surface area contributed by atoms with Crippen LogP contribution in [0.3, 0.4) is 0 Å². The average molecular weight is 269 g/mol. The Morgan fingerprint density at radius 2 is 1.32 bits per heavy atom. The molecule has 0 unspecified atom stereocenters. The van der Waals surface area contributed by atoms with Gasteiger partial charge in [-0.15, -0.1) is 0 Å². The Hall–Kier alpha value is -1.78. The van der Waals surface area contributed by atoms with Gasteiger partial charge in [0, 0.05) is 25.2 Å². The number of hydrogen-bond donors (Lipinski definition) is 1. The number of nitrogens with one attached hydrogen (secondary N) is 1. The molecule has 0 aromatic carbocycles. The predicted octanol–water partition coefficient (Wildman–Crippen LogP) is 2.69. The van der Waals surface area contributed by atoms with Crippen LogP contribution in [0, 0.1) is 0 Å². The second kappa shape index (κ2) is 12.7. The number of unbranched alkanes of at least 4 members (excludes halogenated alkanes) is 1. The molecule has 1 N–H and O–H groups in total. The van der Waals surface area contributed by atoms with Gasteiger partial charge in [-0.2, -0.15) is 0 Å². The number of aromatic amines is 1. The van der Waals surface area contributed by atoms with Crippen molar-refractivity contribution in [3.05, 3.63) is 24.5 Å². The SMILES string of the molecule is CCOC(=O)CCCCC(=O)OCC.c1cc[nH]c1. The van der Waals surface area contributed by atoms with Crippen molar-refractivity contribution in [2.24, 2.45) is 0 Å². The first-order valence-electron chi connectivity index (χ1n) is 6.59. The fourth-order valence-electron chi connectivity index (χ4n) is 1.28. The van der Waals surface area contributed by atoms with E-state index in [2.05, 4.69) is 4.98 Å². The summed E-state index contributed by atoms with van der Waals surface area (Å²) in [4.78, 5) is 24.6. The summed E-state index contributed by atoms with van der Waals surface area (Å²) in [6, 6.07) is 3.89. The minimum absolute atomic E-state index is 0.198. The summed E-state index contributed by atoms with van der Waals surface area (Å²) in [5, 5.41) is 0. The molecule has 0 aliphatic carbocycles. The van der Waals surface area contributed by atoms with Crippen LogP contribution in [0.2, 0.25) is 0 Å². The molecule has 0 atom stereocenters. The summed E-state index contributed by atoms with van der Waals surface area (Å²) in [5.74, 6) is -0.396. The number of hydrogen-bond acceptors (Lipinski definition) is 4. The van der Waals surface area contributed by atoms with Gasteiger partial charge in [-0.3, -0.25) is 9.59 Å². The molecule has 0 amide bonds. The van der Waals surface area contributed by atoms with Crippen LogP contribution in [-0.4, -0.2) is 30.1 Å². The molecule has 1 rings (SSSR count). The van der Waals surface area contributed by atoms with Gasteiger partial charge in [0.15, 0.2) is 0 Å². The monoisotopic (exact) mass is 269 g/mol. The summed E-state index contributed by atoms with van der Waals surface area (Å²) in [6.45, 7) is 4.38. The van der Waals surface area contributed by atoms with Gasteiger partial charge in [-0.25, -0.2) is 0 Å². The third-order valence-corrected chi connectivity index (χ3v) is 2.12. The molecule has 5 heteroatoms. The zero-order valence-electron chi connectivity index (χ0n) is 11.7. The van der Waals surface area contributed by atoms with Crippen LogP contribution in [0.5, 0.6) is 0 Å². The lowest BCUT2D eigenvalue weighted by molar-refractivity contribution is -0.145. The molecule has 0 spiro atoms. The Morgan fingerprint density at radius 1 is 0.895 bits per heavy atom. The number of rotatable bonds is 7. The molecule has 0 radical (unpaired) electrons. The van der Waals surface area contributed by atoms with Gasteiger partial charge in [0.05, 0.1) is 13.2 Å². The molecule has 0 saturated heterocycles. The maximum Gasteiger partial charge on any atom is 0.305 e. The van der Waals surface area contributed by atoms with Crippen LogP contribution in [0.4, 0.5) is 0 Å². The van der Waals surface area contributed by atoms with E-state index < -0.39 is 0 Å².